The maximum absolute atomic E-state index is 13.4. The molecule has 0 aliphatic carbocycles. The van der Waals surface area contributed by atoms with Crippen LogP contribution in [0.4, 0.5) is 0 Å². The van der Waals surface area contributed by atoms with E-state index in [1.807, 2.05) is 0 Å². The third-order valence-electron chi connectivity index (χ3n) is 2.78. The molecule has 1 atom stereocenters. The van der Waals surface area contributed by atoms with Gasteiger partial charge in [0.1, 0.15) is 5.76 Å². The van der Waals surface area contributed by atoms with E-state index in [0.29, 0.717) is 5.76 Å². The Bertz CT molecular complexity index is 605. The number of rotatable bonds is 9. The molecule has 8 heteroatoms. The third-order valence-corrected chi connectivity index (χ3v) is 5.35. The van der Waals surface area contributed by atoms with Gasteiger partial charge in [0.15, 0.2) is 0 Å². The van der Waals surface area contributed by atoms with Gasteiger partial charge in [0, 0.05) is 0 Å². The molecule has 0 radical (unpaired) electrons. The van der Waals surface area contributed by atoms with Gasteiger partial charge < -0.3 is 23.3 Å². The molecule has 7 nitrogen and oxygen atoms in total. The van der Waals surface area contributed by atoms with E-state index in [1.54, 1.807) is 53.7 Å². The number of furan rings is 1. The second-order valence-electron chi connectivity index (χ2n) is 6.33. The normalized spacial score (nSPS) is 15.3. The summed E-state index contributed by atoms with van der Waals surface area (Å²) >= 11 is 0. The standard InChI is InChI=1S/C17H27O7P/c1-12(2)22-16(18)17(19,10-9-15-8-7-11-21-15)25(20,23-13(3)4)24-14(5)6/h7-14,19H,1-6H3/b10-9+. The fourth-order valence-electron chi connectivity index (χ4n) is 1.90. The molecule has 0 bridgehead atoms. The molecule has 25 heavy (non-hydrogen) atoms. The average Bonchev–Trinajstić information content (AvgIpc) is 2.95. The van der Waals surface area contributed by atoms with Crippen LogP contribution in [0.5, 0.6) is 0 Å². The van der Waals surface area contributed by atoms with Crippen LogP contribution in [-0.2, 0) is 23.1 Å². The fraction of sp³-hybridized carbons (Fsp3) is 0.588. The van der Waals surface area contributed by atoms with Crippen molar-refractivity contribution >= 4 is 19.6 Å². The average molecular weight is 374 g/mol. The van der Waals surface area contributed by atoms with Crippen LogP contribution >= 0.6 is 7.60 Å². The maximum Gasteiger partial charge on any atom is 0.378 e. The summed E-state index contributed by atoms with van der Waals surface area (Å²) in [6.07, 6.45) is 2.14. The molecule has 0 spiro atoms. The van der Waals surface area contributed by atoms with Crippen molar-refractivity contribution in [3.8, 4) is 0 Å². The lowest BCUT2D eigenvalue weighted by Gasteiger charge is -2.33. The van der Waals surface area contributed by atoms with Crippen LogP contribution in [-0.4, -0.2) is 34.7 Å². The lowest BCUT2D eigenvalue weighted by Crippen LogP contribution is -2.41. The SMILES string of the molecule is CC(C)OC(=O)C(O)(/C=C/c1ccco1)P(=O)(OC(C)C)OC(C)C. The molecule has 1 unspecified atom stereocenters. The Morgan fingerprint density at radius 2 is 1.72 bits per heavy atom. The summed E-state index contributed by atoms with van der Waals surface area (Å²) in [5, 5.41) is 8.42. The lowest BCUT2D eigenvalue weighted by molar-refractivity contribution is -0.159. The molecule has 0 fully saturated rings. The van der Waals surface area contributed by atoms with Gasteiger partial charge in [0.2, 0.25) is 0 Å². The Kier molecular flexibility index (Phi) is 7.62. The second kappa shape index (κ2) is 8.81. The largest absolute Gasteiger partial charge is 0.465 e. The van der Waals surface area contributed by atoms with Gasteiger partial charge in [-0.3, -0.25) is 4.57 Å². The van der Waals surface area contributed by atoms with Gasteiger partial charge in [-0.1, -0.05) is 0 Å². The summed E-state index contributed by atoms with van der Waals surface area (Å²) in [6.45, 7) is 9.74. The molecular weight excluding hydrogens is 347 g/mol. The van der Waals surface area contributed by atoms with Gasteiger partial charge in [-0.05, 0) is 65.8 Å². The van der Waals surface area contributed by atoms with Crippen molar-refractivity contribution in [2.45, 2.75) is 65.2 Å². The zero-order chi connectivity index (χ0) is 19.3. The van der Waals surface area contributed by atoms with Gasteiger partial charge in [0.25, 0.3) is 5.34 Å². The summed E-state index contributed by atoms with van der Waals surface area (Å²) < 4.78 is 34.4. The highest BCUT2D eigenvalue weighted by atomic mass is 31.2. The van der Waals surface area contributed by atoms with Gasteiger partial charge in [-0.15, -0.1) is 0 Å². The van der Waals surface area contributed by atoms with E-state index in [0.717, 1.165) is 6.08 Å². The van der Waals surface area contributed by atoms with Crippen LogP contribution in [0.1, 0.15) is 47.3 Å². The predicted molar refractivity (Wildman–Crippen MR) is 94.0 cm³/mol. The van der Waals surface area contributed by atoms with E-state index in [1.165, 1.54) is 12.3 Å². The number of aliphatic hydroxyl groups is 1. The zero-order valence-corrected chi connectivity index (χ0v) is 16.4. The van der Waals surface area contributed by atoms with E-state index in [-0.39, 0.29) is 0 Å². The van der Waals surface area contributed by atoms with Crippen LogP contribution < -0.4 is 0 Å². The Labute approximate surface area is 148 Å². The highest BCUT2D eigenvalue weighted by Crippen LogP contribution is 2.61. The molecule has 142 valence electrons. The maximum atomic E-state index is 13.4. The number of esters is 1. The van der Waals surface area contributed by atoms with Crippen molar-refractivity contribution in [3.05, 3.63) is 30.2 Å². The number of carbonyl (C=O) groups excluding carboxylic acids is 1. The summed E-state index contributed by atoms with van der Waals surface area (Å²) in [6, 6.07) is 3.25. The Hall–Kier alpha value is -1.40. The topological polar surface area (TPSA) is 95.2 Å². The molecule has 1 heterocycles. The van der Waals surface area contributed by atoms with E-state index >= 15 is 0 Å². The fourth-order valence-corrected chi connectivity index (χ4v) is 3.91. The third kappa shape index (κ3) is 5.82. The van der Waals surface area contributed by atoms with Crippen LogP contribution in [0.2, 0.25) is 0 Å². The lowest BCUT2D eigenvalue weighted by atomic mass is 10.3. The quantitative estimate of drug-likeness (QED) is 0.516. The minimum atomic E-state index is -4.33. The smallest absolute Gasteiger partial charge is 0.378 e. The van der Waals surface area contributed by atoms with Gasteiger partial charge in [-0.2, -0.15) is 0 Å². The molecule has 1 rings (SSSR count). The van der Waals surface area contributed by atoms with E-state index in [9.17, 15) is 14.5 Å². The van der Waals surface area contributed by atoms with Crippen LogP contribution in [0, 0.1) is 0 Å². The number of carbonyl (C=O) groups is 1. The van der Waals surface area contributed by atoms with Gasteiger partial charge in [0.05, 0.1) is 24.6 Å². The first-order valence-corrected chi connectivity index (χ1v) is 9.67. The Morgan fingerprint density at radius 1 is 1.16 bits per heavy atom. The molecular formula is C17H27O7P. The molecule has 1 aromatic rings. The van der Waals surface area contributed by atoms with Gasteiger partial charge >= 0.3 is 13.6 Å². The Morgan fingerprint density at radius 3 is 2.12 bits per heavy atom. The van der Waals surface area contributed by atoms with Crippen molar-refractivity contribution < 1.29 is 32.7 Å². The summed E-state index contributed by atoms with van der Waals surface area (Å²) in [7, 11) is -4.33. The van der Waals surface area contributed by atoms with E-state index in [4.69, 9.17) is 18.2 Å². The number of hydrogen-bond donors (Lipinski definition) is 1. The summed E-state index contributed by atoms with van der Waals surface area (Å²) in [5.74, 6) is -0.758. The molecule has 0 saturated heterocycles. The molecule has 0 aromatic carbocycles. The molecule has 1 N–H and O–H groups in total. The first-order valence-electron chi connectivity index (χ1n) is 8.13. The minimum Gasteiger partial charge on any atom is -0.465 e. The Balaban J connectivity index is 3.38. The van der Waals surface area contributed by atoms with Crippen molar-refractivity contribution in [2.75, 3.05) is 0 Å². The van der Waals surface area contributed by atoms with Crippen LogP contribution in [0.15, 0.2) is 28.9 Å². The molecule has 0 saturated carbocycles. The van der Waals surface area contributed by atoms with E-state index in [2.05, 4.69) is 0 Å². The first-order chi connectivity index (χ1) is 11.5. The second-order valence-corrected chi connectivity index (χ2v) is 8.43. The summed E-state index contributed by atoms with van der Waals surface area (Å²) in [5.41, 5.74) is 0. The highest BCUT2D eigenvalue weighted by molar-refractivity contribution is 7.56. The summed E-state index contributed by atoms with van der Waals surface area (Å²) in [4.78, 5) is 12.6. The van der Waals surface area contributed by atoms with Crippen LogP contribution in [0.3, 0.4) is 0 Å². The van der Waals surface area contributed by atoms with Crippen LogP contribution in [0.25, 0.3) is 6.08 Å². The molecule has 1 aromatic heterocycles. The molecule has 0 aliphatic heterocycles. The van der Waals surface area contributed by atoms with Crippen molar-refractivity contribution in [1.82, 2.24) is 0 Å². The monoisotopic (exact) mass is 374 g/mol. The number of hydrogen-bond acceptors (Lipinski definition) is 7. The zero-order valence-electron chi connectivity index (χ0n) is 15.5. The van der Waals surface area contributed by atoms with Gasteiger partial charge in [-0.25, -0.2) is 4.79 Å². The molecule has 0 aliphatic rings. The van der Waals surface area contributed by atoms with Crippen molar-refractivity contribution in [1.29, 1.82) is 0 Å². The van der Waals surface area contributed by atoms with E-state index < -0.39 is 37.2 Å². The van der Waals surface area contributed by atoms with Crippen molar-refractivity contribution in [2.24, 2.45) is 0 Å². The molecule has 0 amide bonds. The predicted octanol–water partition coefficient (Wildman–Crippen LogP) is 3.98. The highest BCUT2D eigenvalue weighted by Gasteiger charge is 2.57. The minimum absolute atomic E-state index is 0.358. The first kappa shape index (κ1) is 21.6. The van der Waals surface area contributed by atoms with Crippen molar-refractivity contribution in [3.63, 3.8) is 0 Å². The number of ether oxygens (including phenoxy) is 1.